The van der Waals surface area contributed by atoms with Gasteiger partial charge in [0.05, 0.1) is 36.2 Å². The predicted molar refractivity (Wildman–Crippen MR) is 154 cm³/mol. The number of esters is 1. The standard InChI is InChI=1S/C33H25N3O6/c1-39-28-12-19(29-22-14-27-26(41-16-42-27)11-18(22)9-20-15-40-33(38)30(20)29)10-25-31(28)36-23-8-7-21(13-24(23)35-25)34-32(37)17-5-3-2-4-6-17/h2-8,10-14,20,29-30H,9,15-16H2,1H3,(H,34,37)/t20-,29+,30-/m0/s1. The molecule has 2 aliphatic heterocycles. The molecule has 1 aliphatic carbocycles. The maximum absolute atomic E-state index is 13.1. The molecule has 4 aromatic carbocycles. The summed E-state index contributed by atoms with van der Waals surface area (Å²) in [6.07, 6.45) is 0.728. The monoisotopic (exact) mass is 559 g/mol. The third-order valence-corrected chi connectivity index (χ3v) is 8.43. The number of amides is 1. The van der Waals surface area contributed by atoms with E-state index in [1.165, 1.54) is 0 Å². The smallest absolute Gasteiger partial charge is 0.310 e. The second kappa shape index (κ2) is 9.44. The van der Waals surface area contributed by atoms with Crippen LogP contribution in [0, 0.1) is 11.8 Å². The van der Waals surface area contributed by atoms with Gasteiger partial charge in [0, 0.05) is 23.1 Å². The molecule has 9 nitrogen and oxygen atoms in total. The molecule has 0 bridgehead atoms. The lowest BCUT2D eigenvalue weighted by Crippen LogP contribution is -2.31. The van der Waals surface area contributed by atoms with Gasteiger partial charge in [-0.3, -0.25) is 9.59 Å². The molecule has 9 heteroatoms. The van der Waals surface area contributed by atoms with Crippen LogP contribution in [0.4, 0.5) is 5.69 Å². The van der Waals surface area contributed by atoms with Crippen LogP contribution in [0.3, 0.4) is 0 Å². The summed E-state index contributed by atoms with van der Waals surface area (Å²) in [6, 6.07) is 22.4. The van der Waals surface area contributed by atoms with Gasteiger partial charge in [0.15, 0.2) is 11.5 Å². The minimum atomic E-state index is -0.340. The van der Waals surface area contributed by atoms with Gasteiger partial charge in [0.2, 0.25) is 6.79 Å². The lowest BCUT2D eigenvalue weighted by atomic mass is 9.67. The van der Waals surface area contributed by atoms with E-state index in [1.54, 1.807) is 25.3 Å². The first-order valence-electron chi connectivity index (χ1n) is 13.8. The van der Waals surface area contributed by atoms with Crippen molar-refractivity contribution in [1.29, 1.82) is 0 Å². The quantitative estimate of drug-likeness (QED) is 0.235. The zero-order valence-corrected chi connectivity index (χ0v) is 22.6. The molecule has 3 heterocycles. The molecule has 3 atom stereocenters. The fourth-order valence-corrected chi connectivity index (χ4v) is 6.48. The molecule has 1 amide bonds. The summed E-state index contributed by atoms with van der Waals surface area (Å²) >= 11 is 0. The number of nitrogens with zero attached hydrogens (tertiary/aromatic N) is 2. The van der Waals surface area contributed by atoms with E-state index >= 15 is 0 Å². The first-order chi connectivity index (χ1) is 20.6. The Hall–Kier alpha value is -5.18. The zero-order chi connectivity index (χ0) is 28.4. The van der Waals surface area contributed by atoms with E-state index in [4.69, 9.17) is 28.9 Å². The number of nitrogens with one attached hydrogen (secondary N) is 1. The predicted octanol–water partition coefficient (Wildman–Crippen LogP) is 5.25. The van der Waals surface area contributed by atoms with Crippen LogP contribution in [0.25, 0.3) is 22.1 Å². The van der Waals surface area contributed by atoms with Gasteiger partial charge in [-0.25, -0.2) is 9.97 Å². The molecule has 1 aromatic heterocycles. The molecule has 42 heavy (non-hydrogen) atoms. The molecule has 8 rings (SSSR count). The van der Waals surface area contributed by atoms with Gasteiger partial charge >= 0.3 is 5.97 Å². The first-order valence-corrected chi connectivity index (χ1v) is 13.8. The third kappa shape index (κ3) is 3.92. The largest absolute Gasteiger partial charge is 0.494 e. The van der Waals surface area contributed by atoms with Crippen molar-refractivity contribution in [2.24, 2.45) is 11.8 Å². The van der Waals surface area contributed by atoms with E-state index in [-0.39, 0.29) is 36.4 Å². The number of carbonyl (C=O) groups is 2. The van der Waals surface area contributed by atoms with Crippen molar-refractivity contribution in [2.75, 3.05) is 25.8 Å². The topological polar surface area (TPSA) is 109 Å². The molecule has 1 saturated heterocycles. The maximum atomic E-state index is 13.1. The molecule has 3 aliphatic rings. The highest BCUT2D eigenvalue weighted by molar-refractivity contribution is 6.05. The highest BCUT2D eigenvalue weighted by Crippen LogP contribution is 2.51. The van der Waals surface area contributed by atoms with Crippen molar-refractivity contribution >= 4 is 39.6 Å². The van der Waals surface area contributed by atoms with E-state index in [0.29, 0.717) is 51.4 Å². The fraction of sp³-hybridized carbons (Fsp3) is 0.212. The van der Waals surface area contributed by atoms with E-state index < -0.39 is 0 Å². The van der Waals surface area contributed by atoms with Crippen molar-refractivity contribution < 1.29 is 28.5 Å². The van der Waals surface area contributed by atoms with Gasteiger partial charge in [-0.05, 0) is 77.7 Å². The van der Waals surface area contributed by atoms with Crippen molar-refractivity contribution in [2.45, 2.75) is 12.3 Å². The van der Waals surface area contributed by atoms with E-state index in [9.17, 15) is 9.59 Å². The summed E-state index contributed by atoms with van der Waals surface area (Å²) in [5, 5.41) is 2.94. The molecule has 0 radical (unpaired) electrons. The number of methoxy groups -OCH3 is 1. The first kappa shape index (κ1) is 24.6. The van der Waals surface area contributed by atoms with Crippen LogP contribution in [-0.2, 0) is 16.0 Å². The average molecular weight is 560 g/mol. The summed E-state index contributed by atoms with van der Waals surface area (Å²) in [4.78, 5) is 35.6. The number of carbonyl (C=O) groups excluding carboxylic acids is 2. The number of anilines is 1. The Labute approximate surface area is 240 Å². The van der Waals surface area contributed by atoms with Crippen LogP contribution in [-0.4, -0.2) is 42.4 Å². The average Bonchev–Trinajstić information content (AvgIpc) is 3.63. The SMILES string of the molecule is COc1cc([C@@H]2c3cc4c(cc3C[C@H]3COC(=O)[C@@H]32)OCO4)cc2nc3cc(NC(=O)c4ccccc4)ccc3nc12. The van der Waals surface area contributed by atoms with Crippen molar-refractivity contribution in [3.8, 4) is 17.2 Å². The summed E-state index contributed by atoms with van der Waals surface area (Å²) < 4.78 is 22.7. The Morgan fingerprint density at radius 3 is 2.57 bits per heavy atom. The Kier molecular flexibility index (Phi) is 5.53. The van der Waals surface area contributed by atoms with Gasteiger partial charge in [-0.2, -0.15) is 0 Å². The van der Waals surface area contributed by atoms with E-state index in [0.717, 1.165) is 28.9 Å². The second-order valence-corrected chi connectivity index (χ2v) is 10.8. The molecule has 0 unspecified atom stereocenters. The van der Waals surface area contributed by atoms with Crippen LogP contribution in [0.1, 0.15) is 33.0 Å². The number of aromatic nitrogens is 2. The Morgan fingerprint density at radius 2 is 1.74 bits per heavy atom. The number of rotatable bonds is 4. The highest BCUT2D eigenvalue weighted by atomic mass is 16.7. The third-order valence-electron chi connectivity index (χ3n) is 8.43. The summed E-state index contributed by atoms with van der Waals surface area (Å²) in [7, 11) is 1.60. The van der Waals surface area contributed by atoms with Crippen molar-refractivity contribution in [1.82, 2.24) is 9.97 Å². The van der Waals surface area contributed by atoms with Crippen LogP contribution in [0.5, 0.6) is 17.2 Å². The van der Waals surface area contributed by atoms with Crippen molar-refractivity contribution in [3.63, 3.8) is 0 Å². The van der Waals surface area contributed by atoms with Gasteiger partial charge < -0.3 is 24.3 Å². The number of hydrogen-bond donors (Lipinski definition) is 1. The highest BCUT2D eigenvalue weighted by Gasteiger charge is 2.48. The number of cyclic esters (lactones) is 1. The summed E-state index contributed by atoms with van der Waals surface area (Å²) in [5.41, 5.74) is 6.72. The molecular weight excluding hydrogens is 534 g/mol. The van der Waals surface area contributed by atoms with Gasteiger partial charge in [-0.15, -0.1) is 0 Å². The molecule has 0 spiro atoms. The van der Waals surface area contributed by atoms with Gasteiger partial charge in [0.1, 0.15) is 11.3 Å². The molecule has 1 N–H and O–H groups in total. The van der Waals surface area contributed by atoms with Crippen LogP contribution in [0.15, 0.2) is 72.8 Å². The van der Waals surface area contributed by atoms with Crippen LogP contribution >= 0.6 is 0 Å². The van der Waals surface area contributed by atoms with Crippen LogP contribution < -0.4 is 19.5 Å². The van der Waals surface area contributed by atoms with Gasteiger partial charge in [0.25, 0.3) is 5.91 Å². The lowest BCUT2D eigenvalue weighted by molar-refractivity contribution is -0.141. The molecule has 0 saturated carbocycles. The molecular formula is C33H25N3O6. The zero-order valence-electron chi connectivity index (χ0n) is 22.6. The normalized spacial score (nSPS) is 20.2. The molecule has 1 fully saturated rings. The van der Waals surface area contributed by atoms with Crippen LogP contribution in [0.2, 0.25) is 0 Å². The number of hydrogen-bond acceptors (Lipinski definition) is 8. The number of ether oxygens (including phenoxy) is 4. The maximum Gasteiger partial charge on any atom is 0.310 e. The summed E-state index contributed by atoms with van der Waals surface area (Å²) in [5.74, 6) is 0.985. The Balaban J connectivity index is 1.25. The van der Waals surface area contributed by atoms with Crippen molar-refractivity contribution in [3.05, 3.63) is 95.1 Å². The molecule has 208 valence electrons. The molecule has 5 aromatic rings. The van der Waals surface area contributed by atoms with Gasteiger partial charge in [-0.1, -0.05) is 18.2 Å². The minimum absolute atomic E-state index is 0.0514. The van der Waals surface area contributed by atoms with E-state index in [2.05, 4.69) is 5.32 Å². The second-order valence-electron chi connectivity index (χ2n) is 10.8. The van der Waals surface area contributed by atoms with E-state index in [1.807, 2.05) is 54.6 Å². The fourth-order valence-electron chi connectivity index (χ4n) is 6.48. The number of benzene rings is 4. The lowest BCUT2D eigenvalue weighted by Gasteiger charge is -2.33. The summed E-state index contributed by atoms with van der Waals surface area (Å²) in [6.45, 7) is 0.568. The Morgan fingerprint density at radius 1 is 0.905 bits per heavy atom. The number of fused-ring (bicyclic) bond motifs is 5. The minimum Gasteiger partial charge on any atom is -0.494 e. The Bertz CT molecular complexity index is 1930.